The Morgan fingerprint density at radius 1 is 1.30 bits per heavy atom. The minimum Gasteiger partial charge on any atom is -0.473 e. The molecule has 27 heavy (non-hydrogen) atoms. The smallest absolute Gasteiger partial charge is 0.242 e. The second kappa shape index (κ2) is 6.45. The van der Waals surface area contributed by atoms with Crippen molar-refractivity contribution in [1.82, 2.24) is 28.7 Å². The van der Waals surface area contributed by atoms with Crippen LogP contribution in [0.1, 0.15) is 35.7 Å². The molecule has 0 amide bonds. The standard InChI is InChI=1S/C19H20N6OS/c1-12-8-15(27-23-12)9-17-21-16-6-7-25(13-10-20-24(2)11-13)18(16)19(22-17)26-14-4-3-5-14/h6-8,10-11,14H,3-5,9H2,1-2H3. The van der Waals surface area contributed by atoms with Crippen molar-refractivity contribution < 1.29 is 4.74 Å². The maximum absolute atomic E-state index is 6.26. The van der Waals surface area contributed by atoms with Gasteiger partial charge < -0.3 is 9.30 Å². The van der Waals surface area contributed by atoms with Gasteiger partial charge in [0, 0.05) is 30.7 Å². The minimum absolute atomic E-state index is 0.249. The second-order valence-corrected chi connectivity index (χ2v) is 7.91. The first kappa shape index (κ1) is 16.4. The van der Waals surface area contributed by atoms with E-state index in [-0.39, 0.29) is 6.10 Å². The summed E-state index contributed by atoms with van der Waals surface area (Å²) in [6.45, 7) is 2.00. The van der Waals surface area contributed by atoms with E-state index in [0.717, 1.165) is 46.0 Å². The summed E-state index contributed by atoms with van der Waals surface area (Å²) in [5, 5.41) is 4.28. The van der Waals surface area contributed by atoms with Gasteiger partial charge in [-0.1, -0.05) is 0 Å². The van der Waals surface area contributed by atoms with Crippen LogP contribution in [-0.4, -0.2) is 34.8 Å². The van der Waals surface area contributed by atoms with E-state index in [2.05, 4.69) is 20.1 Å². The van der Waals surface area contributed by atoms with Gasteiger partial charge in [0.1, 0.15) is 17.4 Å². The van der Waals surface area contributed by atoms with Gasteiger partial charge in [-0.3, -0.25) is 4.68 Å². The molecule has 0 spiro atoms. The fourth-order valence-electron chi connectivity index (χ4n) is 3.27. The van der Waals surface area contributed by atoms with Crippen LogP contribution < -0.4 is 4.74 Å². The summed E-state index contributed by atoms with van der Waals surface area (Å²) >= 11 is 1.50. The Labute approximate surface area is 160 Å². The molecule has 0 saturated heterocycles. The Bertz CT molecular complexity index is 1110. The molecule has 138 valence electrons. The van der Waals surface area contributed by atoms with Gasteiger partial charge >= 0.3 is 0 Å². The number of hydrogen-bond donors (Lipinski definition) is 0. The van der Waals surface area contributed by atoms with Gasteiger partial charge in [-0.05, 0) is 49.9 Å². The van der Waals surface area contributed by atoms with Gasteiger partial charge in [-0.15, -0.1) is 0 Å². The van der Waals surface area contributed by atoms with Crippen molar-refractivity contribution in [2.45, 2.75) is 38.7 Å². The zero-order valence-electron chi connectivity index (χ0n) is 15.3. The molecule has 0 N–H and O–H groups in total. The highest BCUT2D eigenvalue weighted by molar-refractivity contribution is 7.05. The molecule has 1 aliphatic carbocycles. The van der Waals surface area contributed by atoms with Crippen molar-refractivity contribution in [3.05, 3.63) is 47.1 Å². The summed E-state index contributed by atoms with van der Waals surface area (Å²) in [4.78, 5) is 10.7. The highest BCUT2D eigenvalue weighted by Crippen LogP contribution is 2.31. The molecule has 5 rings (SSSR count). The number of hydrogen-bond acceptors (Lipinski definition) is 6. The Kier molecular flexibility index (Phi) is 3.93. The molecule has 1 fully saturated rings. The molecule has 4 aromatic rings. The third-order valence-electron chi connectivity index (χ3n) is 4.86. The van der Waals surface area contributed by atoms with Gasteiger partial charge in [0.15, 0.2) is 0 Å². The van der Waals surface area contributed by atoms with Crippen molar-refractivity contribution >= 4 is 22.6 Å². The Morgan fingerprint density at radius 2 is 2.19 bits per heavy atom. The average molecular weight is 380 g/mol. The van der Waals surface area contributed by atoms with E-state index in [9.17, 15) is 0 Å². The number of aryl methyl sites for hydroxylation is 2. The van der Waals surface area contributed by atoms with E-state index in [1.807, 2.05) is 38.6 Å². The maximum Gasteiger partial charge on any atom is 0.242 e. The van der Waals surface area contributed by atoms with Gasteiger partial charge in [-0.25, -0.2) is 4.98 Å². The maximum atomic E-state index is 6.26. The fourth-order valence-corrected chi connectivity index (χ4v) is 4.00. The molecular formula is C19H20N6OS. The first-order valence-electron chi connectivity index (χ1n) is 9.11. The predicted octanol–water partition coefficient (Wildman–Crippen LogP) is 3.44. The fraction of sp³-hybridized carbons (Fsp3) is 0.368. The van der Waals surface area contributed by atoms with Gasteiger partial charge in [-0.2, -0.15) is 14.5 Å². The van der Waals surface area contributed by atoms with E-state index in [1.165, 1.54) is 18.0 Å². The topological polar surface area (TPSA) is 70.7 Å². The molecule has 1 saturated carbocycles. The molecule has 4 heterocycles. The van der Waals surface area contributed by atoms with Crippen LogP contribution in [0.3, 0.4) is 0 Å². The molecule has 4 aromatic heterocycles. The van der Waals surface area contributed by atoms with Crippen LogP contribution in [0.4, 0.5) is 0 Å². The van der Waals surface area contributed by atoms with Crippen LogP contribution in [0.25, 0.3) is 16.7 Å². The van der Waals surface area contributed by atoms with E-state index in [0.29, 0.717) is 12.3 Å². The van der Waals surface area contributed by atoms with Crippen molar-refractivity contribution in [2.24, 2.45) is 7.05 Å². The minimum atomic E-state index is 0.249. The number of fused-ring (bicyclic) bond motifs is 1. The molecule has 0 atom stereocenters. The molecule has 0 bridgehead atoms. The molecule has 0 radical (unpaired) electrons. The molecule has 0 unspecified atom stereocenters. The van der Waals surface area contributed by atoms with Crippen molar-refractivity contribution in [3.63, 3.8) is 0 Å². The first-order valence-corrected chi connectivity index (χ1v) is 9.89. The summed E-state index contributed by atoms with van der Waals surface area (Å²) in [5.74, 6) is 1.43. The van der Waals surface area contributed by atoms with Crippen LogP contribution in [0, 0.1) is 6.92 Å². The lowest BCUT2D eigenvalue weighted by Crippen LogP contribution is -2.25. The molecule has 8 heteroatoms. The Morgan fingerprint density at radius 3 is 2.85 bits per heavy atom. The van der Waals surface area contributed by atoms with Gasteiger partial charge in [0.2, 0.25) is 5.88 Å². The Hall–Kier alpha value is -2.74. The highest BCUT2D eigenvalue weighted by Gasteiger charge is 2.23. The lowest BCUT2D eigenvalue weighted by molar-refractivity contribution is 0.116. The molecule has 0 aromatic carbocycles. The second-order valence-electron chi connectivity index (χ2n) is 7.02. The molecule has 7 nitrogen and oxygen atoms in total. The largest absolute Gasteiger partial charge is 0.473 e. The van der Waals surface area contributed by atoms with E-state index in [4.69, 9.17) is 14.7 Å². The van der Waals surface area contributed by atoms with Crippen LogP contribution >= 0.6 is 11.5 Å². The number of aromatic nitrogens is 6. The third-order valence-corrected chi connectivity index (χ3v) is 5.73. The molecule has 0 aliphatic heterocycles. The average Bonchev–Trinajstić information content (AvgIpc) is 3.31. The molecular weight excluding hydrogens is 360 g/mol. The van der Waals surface area contributed by atoms with Crippen LogP contribution in [-0.2, 0) is 13.5 Å². The summed E-state index contributed by atoms with van der Waals surface area (Å²) in [6.07, 6.45) is 10.1. The summed E-state index contributed by atoms with van der Waals surface area (Å²) in [6, 6.07) is 4.10. The summed E-state index contributed by atoms with van der Waals surface area (Å²) in [5.41, 5.74) is 3.80. The number of ether oxygens (including phenoxy) is 1. The van der Waals surface area contributed by atoms with Crippen LogP contribution in [0.2, 0.25) is 0 Å². The highest BCUT2D eigenvalue weighted by atomic mass is 32.1. The normalized spacial score (nSPS) is 14.6. The summed E-state index contributed by atoms with van der Waals surface area (Å²) < 4.78 is 14.5. The first-order chi connectivity index (χ1) is 13.2. The van der Waals surface area contributed by atoms with Gasteiger partial charge in [0.05, 0.1) is 23.1 Å². The van der Waals surface area contributed by atoms with Crippen LogP contribution in [0.15, 0.2) is 30.7 Å². The summed E-state index contributed by atoms with van der Waals surface area (Å²) in [7, 11) is 1.91. The zero-order valence-corrected chi connectivity index (χ0v) is 16.1. The van der Waals surface area contributed by atoms with Crippen molar-refractivity contribution in [3.8, 4) is 11.6 Å². The monoisotopic (exact) mass is 380 g/mol. The van der Waals surface area contributed by atoms with Crippen LogP contribution in [0.5, 0.6) is 5.88 Å². The lowest BCUT2D eigenvalue weighted by atomic mass is 9.96. The third kappa shape index (κ3) is 3.10. The number of nitrogens with zero attached hydrogens (tertiary/aromatic N) is 6. The lowest BCUT2D eigenvalue weighted by Gasteiger charge is -2.26. The number of rotatable bonds is 5. The Balaban J connectivity index is 1.60. The van der Waals surface area contributed by atoms with E-state index in [1.54, 1.807) is 4.68 Å². The van der Waals surface area contributed by atoms with E-state index < -0.39 is 0 Å². The SMILES string of the molecule is Cc1cc(Cc2nc(OC3CCC3)c3c(ccn3-c3cnn(C)c3)n2)sn1. The van der Waals surface area contributed by atoms with Crippen molar-refractivity contribution in [2.75, 3.05) is 0 Å². The van der Waals surface area contributed by atoms with E-state index >= 15 is 0 Å². The molecule has 1 aliphatic rings. The zero-order chi connectivity index (χ0) is 18.4. The quantitative estimate of drug-likeness (QED) is 0.530. The van der Waals surface area contributed by atoms with Crippen molar-refractivity contribution in [1.29, 1.82) is 0 Å². The van der Waals surface area contributed by atoms with Gasteiger partial charge in [0.25, 0.3) is 0 Å². The predicted molar refractivity (Wildman–Crippen MR) is 104 cm³/mol.